The number of ether oxygens (including phenoxy) is 2. The molecular formula is C23H29N3O5. The third kappa shape index (κ3) is 8.00. The Hall–Kier alpha value is -3.55. The zero-order valence-corrected chi connectivity index (χ0v) is 18.2. The molecule has 2 rings (SSSR count). The first kappa shape index (κ1) is 23.7. The first-order valence-corrected chi connectivity index (χ1v) is 10.2. The van der Waals surface area contributed by atoms with Gasteiger partial charge < -0.3 is 25.4 Å². The summed E-state index contributed by atoms with van der Waals surface area (Å²) in [6.07, 6.45) is -0.972. The molecule has 0 spiro atoms. The smallest absolute Gasteiger partial charge is 0.338 e. The van der Waals surface area contributed by atoms with E-state index < -0.39 is 18.0 Å². The van der Waals surface area contributed by atoms with Crippen LogP contribution in [-0.2, 0) is 16.1 Å². The van der Waals surface area contributed by atoms with Gasteiger partial charge in [-0.3, -0.25) is 4.79 Å². The lowest BCUT2D eigenvalue weighted by atomic mass is 10.1. The molecule has 0 saturated heterocycles. The minimum absolute atomic E-state index is 0.0470. The maximum Gasteiger partial charge on any atom is 0.338 e. The molecule has 0 heterocycles. The van der Waals surface area contributed by atoms with E-state index in [-0.39, 0.29) is 12.1 Å². The predicted molar refractivity (Wildman–Crippen MR) is 118 cm³/mol. The molecule has 0 unspecified atom stereocenters. The van der Waals surface area contributed by atoms with Gasteiger partial charge in [0.1, 0.15) is 5.75 Å². The van der Waals surface area contributed by atoms with Gasteiger partial charge in [-0.05, 0) is 69.7 Å². The first-order chi connectivity index (χ1) is 14.8. The molecule has 8 nitrogen and oxygen atoms in total. The van der Waals surface area contributed by atoms with E-state index in [1.165, 1.54) is 6.92 Å². The van der Waals surface area contributed by atoms with Crippen LogP contribution in [0.25, 0.3) is 0 Å². The molecule has 1 atom stereocenters. The van der Waals surface area contributed by atoms with Crippen LogP contribution in [0, 0.1) is 0 Å². The summed E-state index contributed by atoms with van der Waals surface area (Å²) < 4.78 is 10.6. The summed E-state index contributed by atoms with van der Waals surface area (Å²) in [6.45, 7) is 8.03. The number of carbonyl (C=O) groups excluding carboxylic acids is 3. The van der Waals surface area contributed by atoms with Crippen LogP contribution >= 0.6 is 0 Å². The summed E-state index contributed by atoms with van der Waals surface area (Å²) in [7, 11) is 0. The highest BCUT2D eigenvalue weighted by Crippen LogP contribution is 2.16. The zero-order valence-electron chi connectivity index (χ0n) is 18.2. The summed E-state index contributed by atoms with van der Waals surface area (Å²) in [5, 5.41) is 8.16. The number of benzene rings is 2. The molecule has 0 aromatic heterocycles. The van der Waals surface area contributed by atoms with Crippen LogP contribution < -0.4 is 20.7 Å². The standard InChI is InChI=1S/C23H29N3O5/c1-5-30-20-12-10-19(11-13-20)26-21(27)16(4)31-22(28)18-8-6-17(7-9-18)14-24-23(29)25-15(2)3/h6-13,15-16H,5,14H2,1-4H3,(H,26,27)(H2,24,25,29)/t16-/m0/s1. The van der Waals surface area contributed by atoms with Gasteiger partial charge in [0.15, 0.2) is 6.10 Å². The minimum atomic E-state index is -0.972. The van der Waals surface area contributed by atoms with E-state index >= 15 is 0 Å². The maximum absolute atomic E-state index is 12.3. The summed E-state index contributed by atoms with van der Waals surface area (Å²) in [4.78, 5) is 36.3. The van der Waals surface area contributed by atoms with E-state index in [9.17, 15) is 14.4 Å². The van der Waals surface area contributed by atoms with Gasteiger partial charge in [-0.15, -0.1) is 0 Å². The number of hydrogen-bond donors (Lipinski definition) is 3. The fraction of sp³-hybridized carbons (Fsp3) is 0.348. The van der Waals surface area contributed by atoms with Gasteiger partial charge in [0.25, 0.3) is 5.91 Å². The predicted octanol–water partition coefficient (Wildman–Crippen LogP) is 3.48. The van der Waals surface area contributed by atoms with Gasteiger partial charge in [-0.1, -0.05) is 12.1 Å². The summed E-state index contributed by atoms with van der Waals surface area (Å²) in [5.74, 6) is -0.333. The van der Waals surface area contributed by atoms with Crippen molar-refractivity contribution in [2.24, 2.45) is 0 Å². The van der Waals surface area contributed by atoms with Gasteiger partial charge in [-0.2, -0.15) is 0 Å². The Labute approximate surface area is 182 Å². The molecule has 2 aromatic carbocycles. The highest BCUT2D eigenvalue weighted by molar-refractivity contribution is 5.97. The van der Waals surface area contributed by atoms with Gasteiger partial charge >= 0.3 is 12.0 Å². The van der Waals surface area contributed by atoms with Crippen molar-refractivity contribution in [3.05, 3.63) is 59.7 Å². The molecule has 3 amide bonds. The Morgan fingerprint density at radius 2 is 1.58 bits per heavy atom. The second-order valence-corrected chi connectivity index (χ2v) is 7.17. The van der Waals surface area contributed by atoms with Crippen molar-refractivity contribution in [2.75, 3.05) is 11.9 Å². The van der Waals surface area contributed by atoms with Crippen LogP contribution in [0.2, 0.25) is 0 Å². The van der Waals surface area contributed by atoms with Crippen LogP contribution in [0.3, 0.4) is 0 Å². The van der Waals surface area contributed by atoms with Crippen LogP contribution in [-0.4, -0.2) is 36.7 Å². The van der Waals surface area contributed by atoms with Crippen molar-refractivity contribution < 1.29 is 23.9 Å². The van der Waals surface area contributed by atoms with Gasteiger partial charge in [0.2, 0.25) is 0 Å². The van der Waals surface area contributed by atoms with Gasteiger partial charge in [-0.25, -0.2) is 9.59 Å². The monoisotopic (exact) mass is 427 g/mol. The number of anilines is 1. The largest absolute Gasteiger partial charge is 0.494 e. The van der Waals surface area contributed by atoms with Crippen molar-refractivity contribution >= 4 is 23.6 Å². The average molecular weight is 428 g/mol. The Balaban J connectivity index is 1.84. The molecule has 0 aliphatic carbocycles. The molecule has 166 valence electrons. The number of hydrogen-bond acceptors (Lipinski definition) is 5. The van der Waals surface area contributed by atoms with Crippen molar-refractivity contribution in [3.63, 3.8) is 0 Å². The van der Waals surface area contributed by atoms with E-state index in [0.29, 0.717) is 30.2 Å². The van der Waals surface area contributed by atoms with Gasteiger partial charge in [0, 0.05) is 18.3 Å². The molecule has 0 bridgehead atoms. The highest BCUT2D eigenvalue weighted by Gasteiger charge is 2.19. The SMILES string of the molecule is CCOc1ccc(NC(=O)[C@H](C)OC(=O)c2ccc(CNC(=O)NC(C)C)cc2)cc1. The molecule has 0 radical (unpaired) electrons. The molecule has 0 aliphatic rings. The van der Waals surface area contributed by atoms with E-state index in [0.717, 1.165) is 5.56 Å². The Morgan fingerprint density at radius 1 is 0.935 bits per heavy atom. The normalized spacial score (nSPS) is 11.4. The third-order valence-electron chi connectivity index (χ3n) is 4.15. The summed E-state index contributed by atoms with van der Waals surface area (Å²) in [5.41, 5.74) is 1.72. The van der Waals surface area contributed by atoms with Crippen LogP contribution in [0.4, 0.5) is 10.5 Å². The number of carbonyl (C=O) groups is 3. The second kappa shape index (κ2) is 11.6. The summed E-state index contributed by atoms with van der Waals surface area (Å²) >= 11 is 0. The molecule has 8 heteroatoms. The van der Waals surface area contributed by atoms with Crippen LogP contribution in [0.5, 0.6) is 5.75 Å². The number of rotatable bonds is 9. The van der Waals surface area contributed by atoms with E-state index in [1.807, 2.05) is 20.8 Å². The van der Waals surface area contributed by atoms with Gasteiger partial charge in [0.05, 0.1) is 12.2 Å². The Bertz CT molecular complexity index is 879. The van der Waals surface area contributed by atoms with Crippen molar-refractivity contribution in [1.82, 2.24) is 10.6 Å². The summed E-state index contributed by atoms with van der Waals surface area (Å²) in [6, 6.07) is 13.3. The lowest BCUT2D eigenvalue weighted by molar-refractivity contribution is -0.123. The number of urea groups is 1. The molecule has 3 N–H and O–H groups in total. The maximum atomic E-state index is 12.3. The molecule has 31 heavy (non-hydrogen) atoms. The fourth-order valence-corrected chi connectivity index (χ4v) is 2.58. The second-order valence-electron chi connectivity index (χ2n) is 7.17. The number of amides is 3. The topological polar surface area (TPSA) is 106 Å². The average Bonchev–Trinajstić information content (AvgIpc) is 2.73. The quantitative estimate of drug-likeness (QED) is 0.532. The molecular weight excluding hydrogens is 398 g/mol. The minimum Gasteiger partial charge on any atom is -0.494 e. The molecule has 0 aliphatic heterocycles. The number of esters is 1. The van der Waals surface area contributed by atoms with E-state index in [2.05, 4.69) is 16.0 Å². The molecule has 2 aromatic rings. The lowest BCUT2D eigenvalue weighted by Gasteiger charge is -2.14. The van der Waals surface area contributed by atoms with Crippen molar-refractivity contribution in [2.45, 2.75) is 46.4 Å². The molecule has 0 saturated carbocycles. The molecule has 0 fully saturated rings. The zero-order chi connectivity index (χ0) is 22.8. The lowest BCUT2D eigenvalue weighted by Crippen LogP contribution is -2.39. The Morgan fingerprint density at radius 3 is 2.16 bits per heavy atom. The third-order valence-corrected chi connectivity index (χ3v) is 4.15. The van der Waals surface area contributed by atoms with E-state index in [1.54, 1.807) is 48.5 Å². The van der Waals surface area contributed by atoms with Crippen LogP contribution in [0.15, 0.2) is 48.5 Å². The van der Waals surface area contributed by atoms with Crippen molar-refractivity contribution in [1.29, 1.82) is 0 Å². The van der Waals surface area contributed by atoms with Crippen molar-refractivity contribution in [3.8, 4) is 5.75 Å². The fourth-order valence-electron chi connectivity index (χ4n) is 2.58. The Kier molecular flexibility index (Phi) is 8.87. The first-order valence-electron chi connectivity index (χ1n) is 10.2. The van der Waals surface area contributed by atoms with Crippen LogP contribution in [0.1, 0.15) is 43.6 Å². The van der Waals surface area contributed by atoms with E-state index in [4.69, 9.17) is 9.47 Å². The number of nitrogens with one attached hydrogen (secondary N) is 3. The highest BCUT2D eigenvalue weighted by atomic mass is 16.5.